The molecule has 6 heteroatoms. The van der Waals surface area contributed by atoms with E-state index in [2.05, 4.69) is 0 Å². The predicted octanol–water partition coefficient (Wildman–Crippen LogP) is 2.57. The number of benzene rings is 1. The Bertz CT molecular complexity index is 424. The normalized spacial score (nSPS) is 12.8. The maximum atomic E-state index is 13.1. The van der Waals surface area contributed by atoms with E-state index in [1.807, 2.05) is 0 Å². The molecule has 0 radical (unpaired) electrons. The number of carbonyl (C=O) groups is 1. The second kappa shape index (κ2) is 5.86. The highest BCUT2D eigenvalue weighted by molar-refractivity contribution is 5.75. The summed E-state index contributed by atoms with van der Waals surface area (Å²) < 4.78 is 39.0. The van der Waals surface area contributed by atoms with Gasteiger partial charge in [-0.25, -0.2) is 13.2 Å². The van der Waals surface area contributed by atoms with Crippen molar-refractivity contribution in [3.8, 4) is 0 Å². The van der Waals surface area contributed by atoms with Crippen LogP contribution in [0, 0.1) is 17.5 Å². The van der Waals surface area contributed by atoms with Crippen LogP contribution in [0.2, 0.25) is 0 Å². The molecule has 1 aromatic carbocycles. The van der Waals surface area contributed by atoms with Crippen molar-refractivity contribution in [1.82, 2.24) is 4.90 Å². The van der Waals surface area contributed by atoms with Gasteiger partial charge < -0.3 is 5.11 Å². The molecule has 0 aliphatic carbocycles. The SMILES string of the molecule is CCN(CC)C(C(=O)O)c1cc(F)c(F)c(F)c1. The molecule has 0 spiro atoms. The summed E-state index contributed by atoms with van der Waals surface area (Å²) in [6.45, 7) is 4.26. The topological polar surface area (TPSA) is 40.5 Å². The van der Waals surface area contributed by atoms with Crippen LogP contribution in [0.5, 0.6) is 0 Å². The van der Waals surface area contributed by atoms with E-state index < -0.39 is 29.5 Å². The lowest BCUT2D eigenvalue weighted by Crippen LogP contribution is -2.34. The summed E-state index contributed by atoms with van der Waals surface area (Å²) in [4.78, 5) is 12.7. The Labute approximate surface area is 103 Å². The van der Waals surface area contributed by atoms with Gasteiger partial charge in [0.05, 0.1) is 0 Å². The zero-order valence-corrected chi connectivity index (χ0v) is 10.1. The van der Waals surface area contributed by atoms with Gasteiger partial charge in [-0.2, -0.15) is 0 Å². The van der Waals surface area contributed by atoms with Crippen molar-refractivity contribution in [2.75, 3.05) is 13.1 Å². The minimum Gasteiger partial charge on any atom is -0.480 e. The Morgan fingerprint density at radius 3 is 2.00 bits per heavy atom. The molecule has 100 valence electrons. The Morgan fingerprint density at radius 1 is 1.22 bits per heavy atom. The number of carboxylic acids is 1. The van der Waals surface area contributed by atoms with E-state index in [1.54, 1.807) is 13.8 Å². The van der Waals surface area contributed by atoms with Crippen molar-refractivity contribution in [3.05, 3.63) is 35.1 Å². The van der Waals surface area contributed by atoms with Crippen molar-refractivity contribution < 1.29 is 23.1 Å². The molecule has 3 nitrogen and oxygen atoms in total. The Balaban J connectivity index is 3.26. The standard InChI is InChI=1S/C12H14F3NO2/c1-3-16(4-2)11(12(17)18)7-5-8(13)10(15)9(14)6-7/h5-6,11H,3-4H2,1-2H3,(H,17,18). The fourth-order valence-electron chi connectivity index (χ4n) is 1.83. The van der Waals surface area contributed by atoms with Gasteiger partial charge in [0.25, 0.3) is 0 Å². The second-order valence-electron chi connectivity index (χ2n) is 3.76. The summed E-state index contributed by atoms with van der Waals surface area (Å²) in [6, 6.07) is 0.245. The number of hydrogen-bond acceptors (Lipinski definition) is 2. The first-order valence-corrected chi connectivity index (χ1v) is 5.53. The monoisotopic (exact) mass is 261 g/mol. The average Bonchev–Trinajstić information content (AvgIpc) is 2.31. The number of likely N-dealkylation sites (N-methyl/N-ethyl adjacent to an activating group) is 1. The van der Waals surface area contributed by atoms with Gasteiger partial charge >= 0.3 is 5.97 Å². The van der Waals surface area contributed by atoms with Crippen LogP contribution in [0.4, 0.5) is 13.2 Å². The number of aliphatic carboxylic acids is 1. The minimum atomic E-state index is -1.59. The lowest BCUT2D eigenvalue weighted by atomic mass is 10.0. The molecule has 0 fully saturated rings. The van der Waals surface area contributed by atoms with Crippen LogP contribution in [0.25, 0.3) is 0 Å². The molecule has 0 bridgehead atoms. The molecule has 1 N–H and O–H groups in total. The van der Waals surface area contributed by atoms with Gasteiger partial charge in [0, 0.05) is 0 Å². The summed E-state index contributed by atoms with van der Waals surface area (Å²) in [6.07, 6.45) is 0. The summed E-state index contributed by atoms with van der Waals surface area (Å²) in [5.74, 6) is -5.60. The van der Waals surface area contributed by atoms with Gasteiger partial charge in [-0.3, -0.25) is 9.69 Å². The van der Waals surface area contributed by atoms with Gasteiger partial charge in [-0.15, -0.1) is 0 Å². The highest BCUT2D eigenvalue weighted by atomic mass is 19.2. The number of hydrogen-bond donors (Lipinski definition) is 1. The van der Waals surface area contributed by atoms with Crippen molar-refractivity contribution in [3.63, 3.8) is 0 Å². The van der Waals surface area contributed by atoms with Crippen LogP contribution in [0.1, 0.15) is 25.5 Å². The molecule has 0 heterocycles. The van der Waals surface area contributed by atoms with Gasteiger partial charge in [0.2, 0.25) is 0 Å². The van der Waals surface area contributed by atoms with Crippen LogP contribution in [0.3, 0.4) is 0 Å². The number of carboxylic acid groups (broad SMARTS) is 1. The highest BCUT2D eigenvalue weighted by Gasteiger charge is 2.27. The van der Waals surface area contributed by atoms with Crippen LogP contribution in [-0.2, 0) is 4.79 Å². The maximum absolute atomic E-state index is 13.1. The Kier molecular flexibility index (Phi) is 4.72. The first kappa shape index (κ1) is 14.5. The first-order valence-electron chi connectivity index (χ1n) is 5.53. The third kappa shape index (κ3) is 2.81. The average molecular weight is 261 g/mol. The smallest absolute Gasteiger partial charge is 0.325 e. The molecule has 0 aromatic heterocycles. The highest BCUT2D eigenvalue weighted by Crippen LogP contribution is 2.24. The number of rotatable bonds is 5. The molecule has 1 atom stereocenters. The molecular weight excluding hydrogens is 247 g/mol. The molecule has 0 saturated heterocycles. The predicted molar refractivity (Wildman–Crippen MR) is 59.6 cm³/mol. The zero-order chi connectivity index (χ0) is 13.9. The molecule has 1 rings (SSSR count). The van der Waals surface area contributed by atoms with Gasteiger partial charge in [-0.05, 0) is 30.8 Å². The van der Waals surface area contributed by atoms with Crippen molar-refractivity contribution in [2.45, 2.75) is 19.9 Å². The fraction of sp³-hybridized carbons (Fsp3) is 0.417. The maximum Gasteiger partial charge on any atom is 0.325 e. The lowest BCUT2D eigenvalue weighted by molar-refractivity contribution is -0.143. The third-order valence-corrected chi connectivity index (χ3v) is 2.73. The largest absolute Gasteiger partial charge is 0.480 e. The van der Waals surface area contributed by atoms with Crippen LogP contribution in [-0.4, -0.2) is 29.1 Å². The van der Waals surface area contributed by atoms with E-state index in [-0.39, 0.29) is 5.56 Å². The van der Waals surface area contributed by atoms with Gasteiger partial charge in [0.15, 0.2) is 17.5 Å². The number of halogens is 3. The van der Waals surface area contributed by atoms with Crippen LogP contribution in [0.15, 0.2) is 12.1 Å². The van der Waals surface area contributed by atoms with Gasteiger partial charge in [-0.1, -0.05) is 13.8 Å². The van der Waals surface area contributed by atoms with E-state index in [0.717, 1.165) is 12.1 Å². The van der Waals surface area contributed by atoms with E-state index in [1.165, 1.54) is 4.90 Å². The molecule has 0 saturated carbocycles. The van der Waals surface area contributed by atoms with E-state index in [9.17, 15) is 18.0 Å². The zero-order valence-electron chi connectivity index (χ0n) is 10.1. The first-order chi connectivity index (χ1) is 8.42. The molecule has 18 heavy (non-hydrogen) atoms. The van der Waals surface area contributed by atoms with Gasteiger partial charge in [0.1, 0.15) is 6.04 Å². The van der Waals surface area contributed by atoms with Crippen molar-refractivity contribution >= 4 is 5.97 Å². The lowest BCUT2D eigenvalue weighted by Gasteiger charge is -2.26. The third-order valence-electron chi connectivity index (χ3n) is 2.73. The van der Waals surface area contributed by atoms with Crippen LogP contribution >= 0.6 is 0 Å². The molecule has 1 unspecified atom stereocenters. The summed E-state index contributed by atoms with van der Waals surface area (Å²) in [7, 11) is 0. The summed E-state index contributed by atoms with van der Waals surface area (Å²) >= 11 is 0. The molecule has 0 aliphatic rings. The number of nitrogens with zero attached hydrogens (tertiary/aromatic N) is 1. The quantitative estimate of drug-likeness (QED) is 0.828. The Morgan fingerprint density at radius 2 is 1.67 bits per heavy atom. The summed E-state index contributed by atoms with van der Waals surface area (Å²) in [5.41, 5.74) is -0.109. The second-order valence-corrected chi connectivity index (χ2v) is 3.76. The van der Waals surface area contributed by atoms with E-state index in [4.69, 9.17) is 5.11 Å². The molecule has 1 aromatic rings. The minimum absolute atomic E-state index is 0.109. The van der Waals surface area contributed by atoms with Crippen LogP contribution < -0.4 is 0 Å². The Hall–Kier alpha value is -1.56. The summed E-state index contributed by atoms with van der Waals surface area (Å²) in [5, 5.41) is 9.13. The van der Waals surface area contributed by atoms with Crippen molar-refractivity contribution in [2.24, 2.45) is 0 Å². The van der Waals surface area contributed by atoms with E-state index in [0.29, 0.717) is 13.1 Å². The molecule has 0 amide bonds. The molecular formula is C12H14F3NO2. The van der Waals surface area contributed by atoms with Crippen molar-refractivity contribution in [1.29, 1.82) is 0 Å². The fourth-order valence-corrected chi connectivity index (χ4v) is 1.83. The molecule has 0 aliphatic heterocycles. The van der Waals surface area contributed by atoms with E-state index >= 15 is 0 Å².